The molecule has 190 valence electrons. The number of carbonyl (C=O) groups is 1. The molecular weight excluding hydrogens is 493 g/mol. The molecule has 0 radical (unpaired) electrons. The van der Waals surface area contributed by atoms with E-state index >= 15 is 0 Å². The van der Waals surface area contributed by atoms with Crippen molar-refractivity contribution in [2.24, 2.45) is 5.92 Å². The van der Waals surface area contributed by atoms with Gasteiger partial charge in [-0.05, 0) is 67.0 Å². The molecule has 0 saturated heterocycles. The van der Waals surface area contributed by atoms with Crippen molar-refractivity contribution >= 4 is 21.6 Å². The molecule has 0 aliphatic heterocycles. The summed E-state index contributed by atoms with van der Waals surface area (Å²) in [5, 5.41) is 2.73. The van der Waals surface area contributed by atoms with Gasteiger partial charge in [0.25, 0.3) is 5.91 Å². The van der Waals surface area contributed by atoms with Crippen LogP contribution in [0, 0.1) is 23.4 Å². The van der Waals surface area contributed by atoms with Crippen LogP contribution in [0.4, 0.5) is 18.9 Å². The van der Waals surface area contributed by atoms with Gasteiger partial charge >= 0.3 is 0 Å². The number of rotatable bonds is 6. The van der Waals surface area contributed by atoms with E-state index in [9.17, 15) is 26.4 Å². The standard InChI is InChI=1S/C25H25F3N4O3S/c1-14-12-15(6-8-20(14)32-36(2,34)35)16-10-11-29-13-22(16)31-25(33)21-9-7-19(28)24(30-21)23-17(26)4-3-5-18(23)27/h3-5,7,9-11,13-15,20,32H,6,8,12H2,1-2H3,(H,31,33). The highest BCUT2D eigenvalue weighted by atomic mass is 32.2. The Morgan fingerprint density at radius 2 is 1.75 bits per heavy atom. The van der Waals surface area contributed by atoms with E-state index in [0.29, 0.717) is 24.9 Å². The Morgan fingerprint density at radius 1 is 1.03 bits per heavy atom. The Labute approximate surface area is 207 Å². The average molecular weight is 519 g/mol. The van der Waals surface area contributed by atoms with Gasteiger partial charge in [0.2, 0.25) is 10.0 Å². The minimum Gasteiger partial charge on any atom is -0.319 e. The topological polar surface area (TPSA) is 101 Å². The number of aromatic nitrogens is 2. The molecule has 11 heteroatoms. The summed E-state index contributed by atoms with van der Waals surface area (Å²) >= 11 is 0. The molecule has 3 unspecified atom stereocenters. The van der Waals surface area contributed by atoms with Gasteiger partial charge in [-0.1, -0.05) is 13.0 Å². The first-order valence-corrected chi connectivity index (χ1v) is 13.3. The molecule has 2 N–H and O–H groups in total. The van der Waals surface area contributed by atoms with Crippen LogP contribution in [-0.2, 0) is 10.0 Å². The van der Waals surface area contributed by atoms with Crippen LogP contribution in [0.25, 0.3) is 11.3 Å². The number of pyridine rings is 2. The Balaban J connectivity index is 1.56. The number of halogens is 3. The first-order chi connectivity index (χ1) is 17.0. The highest BCUT2D eigenvalue weighted by Crippen LogP contribution is 2.39. The SMILES string of the molecule is CC1CC(c2ccncc2NC(=O)c2ccc(F)c(-c3c(F)cccc3F)n2)CCC1NS(C)(=O)=O. The highest BCUT2D eigenvalue weighted by molar-refractivity contribution is 7.88. The molecular formula is C25H25F3N4O3S. The van der Waals surface area contributed by atoms with Gasteiger partial charge in [-0.25, -0.2) is 31.3 Å². The zero-order valence-corrected chi connectivity index (χ0v) is 20.4. The molecule has 3 atom stereocenters. The van der Waals surface area contributed by atoms with Gasteiger partial charge in [-0.2, -0.15) is 0 Å². The van der Waals surface area contributed by atoms with Crippen molar-refractivity contribution in [3.05, 3.63) is 77.5 Å². The lowest BCUT2D eigenvalue weighted by Gasteiger charge is -2.35. The first kappa shape index (κ1) is 25.8. The summed E-state index contributed by atoms with van der Waals surface area (Å²) in [5.74, 6) is -3.55. The highest BCUT2D eigenvalue weighted by Gasteiger charge is 2.31. The van der Waals surface area contributed by atoms with E-state index in [4.69, 9.17) is 0 Å². The maximum absolute atomic E-state index is 14.4. The van der Waals surface area contributed by atoms with E-state index in [0.717, 1.165) is 42.2 Å². The zero-order valence-electron chi connectivity index (χ0n) is 19.6. The summed E-state index contributed by atoms with van der Waals surface area (Å²) < 4.78 is 68.8. The predicted octanol–water partition coefficient (Wildman–Crippen LogP) is 4.63. The van der Waals surface area contributed by atoms with Gasteiger partial charge in [0.05, 0.1) is 23.7 Å². The third-order valence-electron chi connectivity index (χ3n) is 6.36. The fourth-order valence-electron chi connectivity index (χ4n) is 4.65. The molecule has 1 saturated carbocycles. The molecule has 1 aliphatic rings. The van der Waals surface area contributed by atoms with Crippen molar-refractivity contribution in [2.75, 3.05) is 11.6 Å². The molecule has 1 fully saturated rings. The van der Waals surface area contributed by atoms with Gasteiger partial charge in [-0.15, -0.1) is 0 Å². The second-order valence-electron chi connectivity index (χ2n) is 9.02. The lowest BCUT2D eigenvalue weighted by molar-refractivity contribution is 0.102. The Kier molecular flexibility index (Phi) is 7.41. The maximum Gasteiger partial charge on any atom is 0.274 e. The fraction of sp³-hybridized carbons (Fsp3) is 0.320. The quantitative estimate of drug-likeness (QED) is 0.495. The molecule has 0 spiro atoms. The number of hydrogen-bond donors (Lipinski definition) is 2. The molecule has 36 heavy (non-hydrogen) atoms. The van der Waals surface area contributed by atoms with E-state index < -0.39 is 44.6 Å². The van der Waals surface area contributed by atoms with Crippen molar-refractivity contribution in [3.63, 3.8) is 0 Å². The molecule has 1 amide bonds. The monoisotopic (exact) mass is 518 g/mol. The summed E-state index contributed by atoms with van der Waals surface area (Å²) in [6, 6.07) is 6.80. The van der Waals surface area contributed by atoms with Crippen LogP contribution < -0.4 is 10.0 Å². The third kappa shape index (κ3) is 5.73. The summed E-state index contributed by atoms with van der Waals surface area (Å²) in [5.41, 5.74) is -0.224. The smallest absolute Gasteiger partial charge is 0.274 e. The van der Waals surface area contributed by atoms with Crippen LogP contribution in [0.5, 0.6) is 0 Å². The third-order valence-corrected chi connectivity index (χ3v) is 7.09. The van der Waals surface area contributed by atoms with Gasteiger partial charge < -0.3 is 5.32 Å². The van der Waals surface area contributed by atoms with Crippen LogP contribution in [-0.4, -0.2) is 36.6 Å². The van der Waals surface area contributed by atoms with Crippen LogP contribution in [0.15, 0.2) is 48.8 Å². The summed E-state index contributed by atoms with van der Waals surface area (Å²) in [6.07, 6.45) is 6.23. The second kappa shape index (κ2) is 10.4. The van der Waals surface area contributed by atoms with Gasteiger partial charge in [-0.3, -0.25) is 9.78 Å². The Morgan fingerprint density at radius 3 is 2.42 bits per heavy atom. The van der Waals surface area contributed by atoms with Crippen molar-refractivity contribution in [2.45, 2.75) is 38.1 Å². The molecule has 7 nitrogen and oxygen atoms in total. The van der Waals surface area contributed by atoms with E-state index in [-0.39, 0.29) is 23.6 Å². The molecule has 3 aromatic rings. The number of nitrogens with one attached hydrogen (secondary N) is 2. The molecule has 4 rings (SSSR count). The lowest BCUT2D eigenvalue weighted by atomic mass is 9.76. The van der Waals surface area contributed by atoms with Crippen molar-refractivity contribution in [1.82, 2.24) is 14.7 Å². The average Bonchev–Trinajstić information content (AvgIpc) is 2.81. The largest absolute Gasteiger partial charge is 0.319 e. The van der Waals surface area contributed by atoms with Crippen molar-refractivity contribution in [1.29, 1.82) is 0 Å². The van der Waals surface area contributed by atoms with E-state index in [1.807, 2.05) is 6.92 Å². The van der Waals surface area contributed by atoms with Gasteiger partial charge in [0, 0.05) is 12.2 Å². The number of nitrogens with zero attached hydrogens (tertiary/aromatic N) is 2. The van der Waals surface area contributed by atoms with Crippen molar-refractivity contribution < 1.29 is 26.4 Å². The molecule has 1 aliphatic carbocycles. The van der Waals surface area contributed by atoms with Crippen LogP contribution in [0.2, 0.25) is 0 Å². The molecule has 2 aromatic heterocycles. The number of benzene rings is 1. The predicted molar refractivity (Wildman–Crippen MR) is 129 cm³/mol. The number of sulfonamides is 1. The van der Waals surface area contributed by atoms with Crippen LogP contribution >= 0.6 is 0 Å². The number of amides is 1. The van der Waals surface area contributed by atoms with Gasteiger partial charge in [0.1, 0.15) is 28.8 Å². The molecule has 0 bridgehead atoms. The zero-order chi connectivity index (χ0) is 26.0. The normalized spacial score (nSPS) is 20.2. The van der Waals surface area contributed by atoms with E-state index in [1.165, 1.54) is 6.20 Å². The minimum absolute atomic E-state index is 0.0418. The van der Waals surface area contributed by atoms with Crippen molar-refractivity contribution in [3.8, 4) is 11.3 Å². The van der Waals surface area contributed by atoms with Crippen LogP contribution in [0.3, 0.4) is 0 Å². The molecule has 1 aromatic carbocycles. The maximum atomic E-state index is 14.4. The summed E-state index contributed by atoms with van der Waals surface area (Å²) in [6.45, 7) is 1.97. The van der Waals surface area contributed by atoms with Crippen LogP contribution in [0.1, 0.15) is 48.2 Å². The Hall–Kier alpha value is -3.31. The lowest BCUT2D eigenvalue weighted by Crippen LogP contribution is -2.41. The molecule has 2 heterocycles. The fourth-order valence-corrected chi connectivity index (χ4v) is 5.55. The summed E-state index contributed by atoms with van der Waals surface area (Å²) in [4.78, 5) is 21.0. The number of carbonyl (C=O) groups excluding carboxylic acids is 1. The Bertz CT molecular complexity index is 1380. The van der Waals surface area contributed by atoms with Gasteiger partial charge in [0.15, 0.2) is 0 Å². The second-order valence-corrected chi connectivity index (χ2v) is 10.8. The first-order valence-electron chi connectivity index (χ1n) is 11.4. The number of hydrogen-bond acceptors (Lipinski definition) is 5. The number of anilines is 1. The van der Waals surface area contributed by atoms with E-state index in [1.54, 1.807) is 12.3 Å². The van der Waals surface area contributed by atoms with E-state index in [2.05, 4.69) is 20.0 Å². The minimum atomic E-state index is -3.32. The summed E-state index contributed by atoms with van der Waals surface area (Å²) in [7, 11) is -3.32.